The molecule has 0 spiro atoms. The third-order valence-corrected chi connectivity index (χ3v) is 6.57. The van der Waals surface area contributed by atoms with Crippen LogP contribution < -0.4 is 5.32 Å². The maximum Gasteiger partial charge on any atom is 0.416 e. The number of rotatable bonds is 9. The molecule has 210 valence electrons. The molecule has 3 aromatic carbocycles. The van der Waals surface area contributed by atoms with Gasteiger partial charge in [0.15, 0.2) is 0 Å². The molecule has 0 atom stereocenters. The van der Waals surface area contributed by atoms with E-state index in [4.69, 9.17) is 9.84 Å². The number of hydrogen-bond acceptors (Lipinski definition) is 5. The largest absolute Gasteiger partial charge is 0.416 e. The van der Waals surface area contributed by atoms with E-state index in [-0.39, 0.29) is 5.91 Å². The number of carbonyl (C=O) groups is 1. The van der Waals surface area contributed by atoms with Gasteiger partial charge in [-0.1, -0.05) is 41.6 Å². The molecule has 0 aliphatic carbocycles. The van der Waals surface area contributed by atoms with E-state index in [0.29, 0.717) is 30.7 Å². The molecule has 0 bridgehead atoms. The summed E-state index contributed by atoms with van der Waals surface area (Å²) < 4.78 is 47.5. The molecule has 2 heterocycles. The van der Waals surface area contributed by atoms with Crippen molar-refractivity contribution in [3.63, 3.8) is 0 Å². The van der Waals surface area contributed by atoms with Crippen molar-refractivity contribution in [2.45, 2.75) is 25.6 Å². The van der Waals surface area contributed by atoms with Crippen molar-refractivity contribution < 1.29 is 22.7 Å². The highest BCUT2D eigenvalue weighted by atomic mass is 19.4. The second-order valence-corrected chi connectivity index (χ2v) is 9.36. The molecule has 0 saturated carbocycles. The predicted octanol–water partition coefficient (Wildman–Crippen LogP) is 5.63. The summed E-state index contributed by atoms with van der Waals surface area (Å²) in [4.78, 5) is 11.9. The third-order valence-electron chi connectivity index (χ3n) is 6.57. The number of carbonyl (C=O) groups excluding carboxylic acids is 1. The number of methoxy groups -OCH3 is 1. The average Bonchev–Trinajstić information content (AvgIpc) is 3.64. The van der Waals surface area contributed by atoms with E-state index in [0.717, 1.165) is 46.0 Å². The van der Waals surface area contributed by atoms with Crippen LogP contribution in [0.25, 0.3) is 33.8 Å². The van der Waals surface area contributed by atoms with Crippen LogP contribution in [0.2, 0.25) is 0 Å². The van der Waals surface area contributed by atoms with Gasteiger partial charge in [-0.15, -0.1) is 5.10 Å². The van der Waals surface area contributed by atoms with Crippen molar-refractivity contribution in [2.24, 2.45) is 0 Å². The van der Waals surface area contributed by atoms with Crippen LogP contribution in [0.1, 0.15) is 23.4 Å². The Morgan fingerprint density at radius 1 is 0.878 bits per heavy atom. The fourth-order valence-corrected chi connectivity index (χ4v) is 4.39. The minimum Gasteiger partial charge on any atom is -0.378 e. The number of alkyl halides is 3. The van der Waals surface area contributed by atoms with Crippen LogP contribution in [0.5, 0.6) is 0 Å². The Morgan fingerprint density at radius 2 is 1.49 bits per heavy atom. The highest BCUT2D eigenvalue weighted by molar-refractivity contribution is 5.76. The van der Waals surface area contributed by atoms with E-state index >= 15 is 0 Å². The molecule has 0 aliphatic heterocycles. The van der Waals surface area contributed by atoms with Gasteiger partial charge in [-0.05, 0) is 53.6 Å². The molecule has 0 saturated heterocycles. The maximum atomic E-state index is 13.0. The fourth-order valence-electron chi connectivity index (χ4n) is 4.39. The summed E-state index contributed by atoms with van der Waals surface area (Å²) in [6.45, 7) is 0.366. The number of benzene rings is 3. The topological polar surface area (TPSA) is 86.9 Å². The maximum absolute atomic E-state index is 13.0. The van der Waals surface area contributed by atoms with Gasteiger partial charge in [0.25, 0.3) is 0 Å². The Labute approximate surface area is 234 Å². The number of aromatic nitrogens is 5. The minimum absolute atomic E-state index is 0.0768. The number of amides is 1. The van der Waals surface area contributed by atoms with Crippen molar-refractivity contribution in [3.05, 3.63) is 102 Å². The van der Waals surface area contributed by atoms with Gasteiger partial charge in [0.2, 0.25) is 5.91 Å². The standard InChI is InChI=1S/C30H27F3N6O2/c1-34-29(40)16-11-24-17-28(22-5-3-20(4-6-22)21-7-9-23(10-8-21)30(31,32)33)39(36-24)27-14-12-26(13-15-27)38-18-25(19-41-2)35-37-38/h3-10,12-15,17-18H,11,16,19H2,1-2H3,(H,34,40). The molecule has 1 amide bonds. The number of ether oxygens (including phenoxy) is 1. The number of aryl methyl sites for hydroxylation is 1. The SMILES string of the molecule is CNC(=O)CCc1cc(-c2ccc(-c3ccc(C(F)(F)F)cc3)cc2)n(-c2ccc(-n3cc(COC)nn3)cc2)n1. The van der Waals surface area contributed by atoms with Crippen LogP contribution in [0.4, 0.5) is 13.2 Å². The highest BCUT2D eigenvalue weighted by Gasteiger charge is 2.30. The van der Waals surface area contributed by atoms with Crippen LogP contribution in [0.3, 0.4) is 0 Å². The van der Waals surface area contributed by atoms with Gasteiger partial charge in [-0.2, -0.15) is 18.3 Å². The van der Waals surface area contributed by atoms with Crippen LogP contribution >= 0.6 is 0 Å². The first-order chi connectivity index (χ1) is 19.7. The molecule has 5 rings (SSSR count). The lowest BCUT2D eigenvalue weighted by Crippen LogP contribution is -2.18. The van der Waals surface area contributed by atoms with E-state index in [2.05, 4.69) is 15.6 Å². The van der Waals surface area contributed by atoms with Crippen molar-refractivity contribution in [1.82, 2.24) is 30.1 Å². The zero-order valence-corrected chi connectivity index (χ0v) is 22.4. The van der Waals surface area contributed by atoms with E-state index in [9.17, 15) is 18.0 Å². The Hall–Kier alpha value is -4.77. The molecule has 0 radical (unpaired) electrons. The molecule has 0 fully saturated rings. The van der Waals surface area contributed by atoms with Gasteiger partial charge in [0, 0.05) is 32.6 Å². The molecule has 11 heteroatoms. The lowest BCUT2D eigenvalue weighted by atomic mass is 10.0. The van der Waals surface area contributed by atoms with Gasteiger partial charge in [0.1, 0.15) is 5.69 Å². The summed E-state index contributed by atoms with van der Waals surface area (Å²) in [6.07, 6.45) is -1.82. The quantitative estimate of drug-likeness (QED) is 0.253. The number of nitrogens with zero attached hydrogens (tertiary/aromatic N) is 5. The molecule has 0 unspecified atom stereocenters. The van der Waals surface area contributed by atoms with Crippen LogP contribution in [-0.2, 0) is 28.7 Å². The lowest BCUT2D eigenvalue weighted by molar-refractivity contribution is -0.137. The minimum atomic E-state index is -4.38. The monoisotopic (exact) mass is 560 g/mol. The van der Waals surface area contributed by atoms with Crippen molar-refractivity contribution in [1.29, 1.82) is 0 Å². The van der Waals surface area contributed by atoms with Crippen LogP contribution in [0.15, 0.2) is 85.1 Å². The molecular weight excluding hydrogens is 533 g/mol. The lowest BCUT2D eigenvalue weighted by Gasteiger charge is -2.10. The van der Waals surface area contributed by atoms with Gasteiger partial charge in [-0.3, -0.25) is 4.79 Å². The molecule has 1 N–H and O–H groups in total. The first-order valence-corrected chi connectivity index (χ1v) is 12.8. The number of nitrogens with one attached hydrogen (secondary N) is 1. The van der Waals surface area contributed by atoms with Gasteiger partial charge < -0.3 is 10.1 Å². The van der Waals surface area contributed by atoms with E-state index in [1.165, 1.54) is 12.1 Å². The smallest absolute Gasteiger partial charge is 0.378 e. The van der Waals surface area contributed by atoms with Gasteiger partial charge in [-0.25, -0.2) is 9.36 Å². The Kier molecular flexibility index (Phi) is 7.97. The molecule has 5 aromatic rings. The summed E-state index contributed by atoms with van der Waals surface area (Å²) in [5.41, 5.74) is 5.55. The summed E-state index contributed by atoms with van der Waals surface area (Å²) in [5, 5.41) is 15.7. The summed E-state index contributed by atoms with van der Waals surface area (Å²) in [5.74, 6) is -0.0768. The van der Waals surface area contributed by atoms with Crippen molar-refractivity contribution in [2.75, 3.05) is 14.2 Å². The zero-order chi connectivity index (χ0) is 29.0. The van der Waals surface area contributed by atoms with Gasteiger partial charge in [0.05, 0.1) is 41.1 Å². The molecule has 0 aliphatic rings. The normalized spacial score (nSPS) is 11.5. The molecule has 8 nitrogen and oxygen atoms in total. The Balaban J connectivity index is 1.45. The first kappa shape index (κ1) is 27.8. The summed E-state index contributed by atoms with van der Waals surface area (Å²) in [7, 11) is 3.19. The van der Waals surface area contributed by atoms with Crippen molar-refractivity contribution in [3.8, 4) is 33.8 Å². The van der Waals surface area contributed by atoms with Crippen LogP contribution in [-0.4, -0.2) is 44.8 Å². The average molecular weight is 561 g/mol. The summed E-state index contributed by atoms with van der Waals surface area (Å²) >= 11 is 0. The second-order valence-electron chi connectivity index (χ2n) is 9.36. The highest BCUT2D eigenvalue weighted by Crippen LogP contribution is 2.32. The predicted molar refractivity (Wildman–Crippen MR) is 147 cm³/mol. The summed E-state index contributed by atoms with van der Waals surface area (Å²) in [6, 6.07) is 22.2. The van der Waals surface area contributed by atoms with Gasteiger partial charge >= 0.3 is 6.18 Å². The third kappa shape index (κ3) is 6.36. The Morgan fingerprint density at radius 3 is 2.10 bits per heavy atom. The van der Waals surface area contributed by atoms with Crippen molar-refractivity contribution >= 4 is 5.91 Å². The number of hydrogen-bond donors (Lipinski definition) is 1. The van der Waals surface area contributed by atoms with E-state index < -0.39 is 11.7 Å². The van der Waals surface area contributed by atoms with E-state index in [1.807, 2.05) is 59.3 Å². The molecule has 41 heavy (non-hydrogen) atoms. The second kappa shape index (κ2) is 11.8. The first-order valence-electron chi connectivity index (χ1n) is 12.8. The molecule has 2 aromatic heterocycles. The zero-order valence-electron chi connectivity index (χ0n) is 22.4. The Bertz CT molecular complexity index is 1620. The number of halogens is 3. The fraction of sp³-hybridized carbons (Fsp3) is 0.200. The molecular formula is C30H27F3N6O2. The van der Waals surface area contributed by atoms with Crippen LogP contribution in [0, 0.1) is 0 Å². The van der Waals surface area contributed by atoms with E-state index in [1.54, 1.807) is 25.0 Å².